The minimum absolute atomic E-state index is 0.188. The van der Waals surface area contributed by atoms with E-state index in [-0.39, 0.29) is 12.0 Å². The fraction of sp³-hybridized carbons (Fsp3) is 0.500. The van der Waals surface area contributed by atoms with Gasteiger partial charge in [0.15, 0.2) is 0 Å². The van der Waals surface area contributed by atoms with E-state index < -0.39 is 0 Å². The molecule has 0 saturated carbocycles. The van der Waals surface area contributed by atoms with Crippen LogP contribution in [0.5, 0.6) is 5.75 Å². The summed E-state index contributed by atoms with van der Waals surface area (Å²) in [5.41, 5.74) is 1.18. The van der Waals surface area contributed by atoms with E-state index in [1.54, 1.807) is 11.8 Å². The monoisotopic (exact) mass is 283 g/mol. The van der Waals surface area contributed by atoms with Crippen LogP contribution in [-0.2, 0) is 9.53 Å². The van der Waals surface area contributed by atoms with Gasteiger partial charge >= 0.3 is 5.97 Å². The quantitative estimate of drug-likeness (QED) is 0.742. The van der Waals surface area contributed by atoms with Gasteiger partial charge < -0.3 is 14.8 Å². The SMILES string of the molecule is CCOc1ccc(C(CSCC(=O)OC)NC)cc1. The Balaban J connectivity index is 2.51. The van der Waals surface area contributed by atoms with E-state index in [0.717, 1.165) is 11.5 Å². The summed E-state index contributed by atoms with van der Waals surface area (Å²) in [4.78, 5) is 11.1. The van der Waals surface area contributed by atoms with Gasteiger partial charge in [-0.15, -0.1) is 11.8 Å². The minimum atomic E-state index is -0.188. The van der Waals surface area contributed by atoms with Crippen LogP contribution in [-0.4, -0.2) is 38.2 Å². The van der Waals surface area contributed by atoms with Crippen LogP contribution in [0, 0.1) is 0 Å². The molecule has 0 aliphatic heterocycles. The number of hydrogen-bond acceptors (Lipinski definition) is 5. The average Bonchev–Trinajstić information content (AvgIpc) is 2.45. The number of hydrogen-bond donors (Lipinski definition) is 1. The fourth-order valence-electron chi connectivity index (χ4n) is 1.63. The lowest BCUT2D eigenvalue weighted by Gasteiger charge is -2.16. The molecule has 0 saturated heterocycles. The Kier molecular flexibility index (Phi) is 7.36. The highest BCUT2D eigenvalue weighted by Crippen LogP contribution is 2.21. The fourth-order valence-corrected chi connectivity index (χ4v) is 2.63. The van der Waals surface area contributed by atoms with Crippen molar-refractivity contribution in [3.8, 4) is 5.75 Å². The van der Waals surface area contributed by atoms with Crippen molar-refractivity contribution in [2.45, 2.75) is 13.0 Å². The van der Waals surface area contributed by atoms with Gasteiger partial charge in [-0.3, -0.25) is 4.79 Å². The number of carbonyl (C=O) groups excluding carboxylic acids is 1. The van der Waals surface area contributed by atoms with Gasteiger partial charge in [-0.2, -0.15) is 0 Å². The first-order valence-electron chi connectivity index (χ1n) is 6.25. The molecule has 0 aliphatic rings. The van der Waals surface area contributed by atoms with Crippen molar-refractivity contribution >= 4 is 17.7 Å². The minimum Gasteiger partial charge on any atom is -0.494 e. The average molecular weight is 283 g/mol. The van der Waals surface area contributed by atoms with Crippen LogP contribution in [0.15, 0.2) is 24.3 Å². The molecular weight excluding hydrogens is 262 g/mol. The number of thioether (sulfide) groups is 1. The van der Waals surface area contributed by atoms with Crippen LogP contribution in [0.2, 0.25) is 0 Å². The van der Waals surface area contributed by atoms with Crippen molar-refractivity contribution < 1.29 is 14.3 Å². The van der Waals surface area contributed by atoms with E-state index in [4.69, 9.17) is 4.74 Å². The number of carbonyl (C=O) groups is 1. The van der Waals surface area contributed by atoms with E-state index in [2.05, 4.69) is 10.1 Å². The van der Waals surface area contributed by atoms with Crippen molar-refractivity contribution in [3.05, 3.63) is 29.8 Å². The van der Waals surface area contributed by atoms with Crippen LogP contribution in [0.4, 0.5) is 0 Å². The number of esters is 1. The largest absolute Gasteiger partial charge is 0.494 e. The molecule has 0 fully saturated rings. The number of nitrogens with one attached hydrogen (secondary N) is 1. The molecule has 1 atom stereocenters. The Hall–Kier alpha value is -1.20. The van der Waals surface area contributed by atoms with Crippen molar-refractivity contribution in [2.75, 3.05) is 32.3 Å². The molecule has 0 radical (unpaired) electrons. The molecule has 1 aromatic carbocycles. The Morgan fingerprint density at radius 3 is 2.58 bits per heavy atom. The van der Waals surface area contributed by atoms with Crippen molar-refractivity contribution in [2.24, 2.45) is 0 Å². The van der Waals surface area contributed by atoms with E-state index in [9.17, 15) is 4.79 Å². The van der Waals surface area contributed by atoms with Crippen LogP contribution in [0.1, 0.15) is 18.5 Å². The highest BCUT2D eigenvalue weighted by atomic mass is 32.2. The maximum Gasteiger partial charge on any atom is 0.315 e. The first-order chi connectivity index (χ1) is 9.21. The molecule has 0 amide bonds. The zero-order chi connectivity index (χ0) is 14.1. The van der Waals surface area contributed by atoms with Crippen LogP contribution >= 0.6 is 11.8 Å². The summed E-state index contributed by atoms with van der Waals surface area (Å²) in [6.07, 6.45) is 0. The number of ether oxygens (including phenoxy) is 2. The normalized spacial score (nSPS) is 11.9. The smallest absolute Gasteiger partial charge is 0.315 e. The van der Waals surface area contributed by atoms with Gasteiger partial charge in [0.25, 0.3) is 0 Å². The van der Waals surface area contributed by atoms with Gasteiger partial charge in [0.2, 0.25) is 0 Å². The molecule has 1 aromatic rings. The standard InChI is InChI=1S/C14H21NO3S/c1-4-18-12-7-5-11(6-8-12)13(15-2)9-19-10-14(16)17-3/h5-8,13,15H,4,9-10H2,1-3H3. The first kappa shape index (κ1) is 15.9. The predicted molar refractivity (Wildman–Crippen MR) is 78.8 cm³/mol. The Morgan fingerprint density at radius 2 is 2.05 bits per heavy atom. The second kappa shape index (κ2) is 8.82. The molecule has 0 aromatic heterocycles. The lowest BCUT2D eigenvalue weighted by Crippen LogP contribution is -2.19. The molecule has 106 valence electrons. The lowest BCUT2D eigenvalue weighted by molar-refractivity contribution is -0.137. The third-order valence-corrected chi connectivity index (χ3v) is 3.68. The van der Waals surface area contributed by atoms with E-state index >= 15 is 0 Å². The number of benzene rings is 1. The summed E-state index contributed by atoms with van der Waals surface area (Å²) in [5.74, 6) is 1.89. The molecule has 5 heteroatoms. The van der Waals surface area contributed by atoms with Crippen molar-refractivity contribution in [3.63, 3.8) is 0 Å². The maximum atomic E-state index is 11.1. The predicted octanol–water partition coefficient (Wildman–Crippen LogP) is 2.25. The van der Waals surface area contributed by atoms with Crippen molar-refractivity contribution in [1.82, 2.24) is 5.32 Å². The molecule has 19 heavy (non-hydrogen) atoms. The second-order valence-corrected chi connectivity index (χ2v) is 4.96. The van der Waals surface area contributed by atoms with Crippen molar-refractivity contribution in [1.29, 1.82) is 0 Å². The van der Waals surface area contributed by atoms with E-state index in [1.807, 2.05) is 38.2 Å². The number of methoxy groups -OCH3 is 1. The van der Waals surface area contributed by atoms with E-state index in [0.29, 0.717) is 12.4 Å². The first-order valence-corrected chi connectivity index (χ1v) is 7.41. The van der Waals surface area contributed by atoms with Gasteiger partial charge in [0, 0.05) is 11.8 Å². The third-order valence-electron chi connectivity index (χ3n) is 2.67. The molecule has 0 aliphatic carbocycles. The topological polar surface area (TPSA) is 47.6 Å². The summed E-state index contributed by atoms with van der Waals surface area (Å²) < 4.78 is 10.0. The Labute approximate surface area is 118 Å². The maximum absolute atomic E-state index is 11.1. The van der Waals surface area contributed by atoms with E-state index in [1.165, 1.54) is 12.7 Å². The van der Waals surface area contributed by atoms with Gasteiger partial charge in [0.05, 0.1) is 19.5 Å². The highest BCUT2D eigenvalue weighted by molar-refractivity contribution is 7.99. The van der Waals surface area contributed by atoms with Gasteiger partial charge in [-0.05, 0) is 31.7 Å². The molecular formula is C14H21NO3S. The molecule has 0 bridgehead atoms. The Bertz CT molecular complexity index is 381. The van der Waals surface area contributed by atoms with Gasteiger partial charge in [-0.25, -0.2) is 0 Å². The third kappa shape index (κ3) is 5.53. The second-order valence-electron chi connectivity index (χ2n) is 3.93. The summed E-state index contributed by atoms with van der Waals surface area (Å²) in [7, 11) is 3.32. The summed E-state index contributed by atoms with van der Waals surface area (Å²) in [5, 5.41) is 3.25. The van der Waals surface area contributed by atoms with Gasteiger partial charge in [-0.1, -0.05) is 12.1 Å². The van der Waals surface area contributed by atoms with Gasteiger partial charge in [0.1, 0.15) is 5.75 Å². The summed E-state index contributed by atoms with van der Waals surface area (Å²) in [6.45, 7) is 2.64. The zero-order valence-electron chi connectivity index (χ0n) is 11.6. The summed E-state index contributed by atoms with van der Waals surface area (Å²) >= 11 is 1.56. The van der Waals surface area contributed by atoms with Crippen LogP contribution in [0.25, 0.3) is 0 Å². The molecule has 4 nitrogen and oxygen atoms in total. The molecule has 1 unspecified atom stereocenters. The molecule has 1 rings (SSSR count). The molecule has 0 spiro atoms. The molecule has 1 N–H and O–H groups in total. The highest BCUT2D eigenvalue weighted by Gasteiger charge is 2.10. The van der Waals surface area contributed by atoms with Crippen LogP contribution < -0.4 is 10.1 Å². The molecule has 0 heterocycles. The number of rotatable bonds is 8. The zero-order valence-corrected chi connectivity index (χ0v) is 12.5. The lowest BCUT2D eigenvalue weighted by atomic mass is 10.1. The van der Waals surface area contributed by atoms with Crippen LogP contribution in [0.3, 0.4) is 0 Å². The Morgan fingerprint density at radius 1 is 1.37 bits per heavy atom. The summed E-state index contributed by atoms with van der Waals surface area (Å²) in [6, 6.07) is 8.24.